The van der Waals surface area contributed by atoms with Gasteiger partial charge >= 0.3 is 0 Å². The minimum absolute atomic E-state index is 0.00710. The third kappa shape index (κ3) is 2.82. The van der Waals surface area contributed by atoms with Crippen molar-refractivity contribution in [1.29, 1.82) is 0 Å². The first kappa shape index (κ1) is 17.7. The second kappa shape index (κ2) is 6.93. The van der Waals surface area contributed by atoms with Crippen molar-refractivity contribution >= 4 is 27.6 Å². The number of hydrogen-bond acceptors (Lipinski definition) is 5. The minimum Gasteiger partial charge on any atom is -0.281 e. The van der Waals surface area contributed by atoms with E-state index < -0.39 is 4.92 Å². The molecule has 0 unspecified atom stereocenters. The average Bonchev–Trinajstić information content (AvgIpc) is 3.19. The Labute approximate surface area is 169 Å². The van der Waals surface area contributed by atoms with Gasteiger partial charge in [-0.1, -0.05) is 30.3 Å². The van der Waals surface area contributed by atoms with Gasteiger partial charge in [0.25, 0.3) is 11.2 Å². The van der Waals surface area contributed by atoms with E-state index in [1.807, 2.05) is 36.4 Å². The van der Waals surface area contributed by atoms with E-state index in [0.29, 0.717) is 39.9 Å². The summed E-state index contributed by atoms with van der Waals surface area (Å²) < 4.78 is 1.57. The van der Waals surface area contributed by atoms with Crippen molar-refractivity contribution in [2.24, 2.45) is 0 Å². The van der Waals surface area contributed by atoms with Crippen LogP contribution in [0, 0.1) is 10.1 Å². The second-order valence-electron chi connectivity index (χ2n) is 6.88. The number of nitrogens with one attached hydrogen (secondary N) is 1. The van der Waals surface area contributed by atoms with Gasteiger partial charge in [-0.15, -0.1) is 0 Å². The Kier molecular flexibility index (Phi) is 4.10. The summed E-state index contributed by atoms with van der Waals surface area (Å²) in [7, 11) is 0. The monoisotopic (exact) mass is 397 g/mol. The first-order chi connectivity index (χ1) is 14.6. The molecule has 0 fully saturated rings. The summed E-state index contributed by atoms with van der Waals surface area (Å²) in [6, 6.07) is 19.3. The van der Waals surface area contributed by atoms with Crippen LogP contribution in [0.15, 0.2) is 77.7 Å². The quantitative estimate of drug-likeness (QED) is 0.367. The molecular formula is C22H15N5O3. The Hall–Kier alpha value is -4.33. The van der Waals surface area contributed by atoms with Gasteiger partial charge in [-0.3, -0.25) is 24.6 Å². The van der Waals surface area contributed by atoms with E-state index in [0.717, 1.165) is 5.39 Å². The fourth-order valence-electron chi connectivity index (χ4n) is 3.70. The van der Waals surface area contributed by atoms with E-state index in [1.54, 1.807) is 29.0 Å². The van der Waals surface area contributed by atoms with E-state index in [1.165, 1.54) is 12.1 Å². The molecule has 5 aromatic rings. The Morgan fingerprint density at radius 1 is 1.03 bits per heavy atom. The normalized spacial score (nSPS) is 11.2. The molecule has 8 nitrogen and oxygen atoms in total. The molecule has 0 aliphatic carbocycles. The molecule has 0 saturated carbocycles. The molecule has 1 N–H and O–H groups in total. The van der Waals surface area contributed by atoms with E-state index >= 15 is 0 Å². The number of fused-ring (bicyclic) bond motifs is 3. The number of nitro groups is 1. The van der Waals surface area contributed by atoms with Crippen LogP contribution in [0.25, 0.3) is 27.6 Å². The molecule has 0 atom stereocenters. The first-order valence-electron chi connectivity index (χ1n) is 9.29. The largest absolute Gasteiger partial charge is 0.281 e. The Morgan fingerprint density at radius 2 is 1.87 bits per heavy atom. The van der Waals surface area contributed by atoms with Gasteiger partial charge in [0.2, 0.25) is 0 Å². The maximum atomic E-state index is 13.5. The van der Waals surface area contributed by atoms with Crippen molar-refractivity contribution in [3.63, 3.8) is 0 Å². The van der Waals surface area contributed by atoms with Gasteiger partial charge in [-0.2, -0.15) is 5.10 Å². The number of para-hydroxylation sites is 1. The maximum absolute atomic E-state index is 13.5. The molecule has 0 spiro atoms. The molecule has 0 aliphatic heterocycles. The molecule has 3 aromatic heterocycles. The van der Waals surface area contributed by atoms with E-state index in [9.17, 15) is 14.9 Å². The number of non-ortho nitro benzene ring substituents is 1. The molecule has 30 heavy (non-hydrogen) atoms. The predicted octanol–water partition coefficient (Wildman–Crippen LogP) is 3.76. The summed E-state index contributed by atoms with van der Waals surface area (Å²) in [4.78, 5) is 28.6. The van der Waals surface area contributed by atoms with Crippen LogP contribution < -0.4 is 5.56 Å². The number of nitrogens with zero attached hydrogens (tertiary/aromatic N) is 4. The summed E-state index contributed by atoms with van der Waals surface area (Å²) in [5.41, 5.74) is 2.85. The van der Waals surface area contributed by atoms with Gasteiger partial charge < -0.3 is 0 Å². The first-order valence-corrected chi connectivity index (χ1v) is 9.29. The number of aromatic amines is 1. The smallest absolute Gasteiger partial charge is 0.269 e. The van der Waals surface area contributed by atoms with Crippen molar-refractivity contribution in [2.45, 2.75) is 6.42 Å². The van der Waals surface area contributed by atoms with E-state index in [-0.39, 0.29) is 11.2 Å². The van der Waals surface area contributed by atoms with Crippen molar-refractivity contribution < 1.29 is 4.92 Å². The molecule has 3 heterocycles. The van der Waals surface area contributed by atoms with Gasteiger partial charge in [-0.25, -0.2) is 4.98 Å². The number of rotatable bonds is 4. The molecule has 0 aliphatic rings. The Balaban J connectivity index is 1.77. The van der Waals surface area contributed by atoms with Crippen molar-refractivity contribution in [3.8, 4) is 5.69 Å². The second-order valence-corrected chi connectivity index (χ2v) is 6.88. The summed E-state index contributed by atoms with van der Waals surface area (Å²) in [6.07, 6.45) is 1.96. The molecule has 2 aromatic carbocycles. The molecule has 0 saturated heterocycles. The molecule has 0 radical (unpaired) electrons. The number of nitro benzene ring substituents is 1. The highest BCUT2D eigenvalue weighted by Gasteiger charge is 2.19. The summed E-state index contributed by atoms with van der Waals surface area (Å²) in [5.74, 6) is 0. The predicted molar refractivity (Wildman–Crippen MR) is 113 cm³/mol. The molecule has 146 valence electrons. The molecule has 0 bridgehead atoms. The Morgan fingerprint density at radius 3 is 2.67 bits per heavy atom. The number of pyridine rings is 2. The lowest BCUT2D eigenvalue weighted by Crippen LogP contribution is -2.20. The van der Waals surface area contributed by atoms with Crippen LogP contribution in [0.1, 0.15) is 11.3 Å². The molecule has 8 heteroatoms. The van der Waals surface area contributed by atoms with Gasteiger partial charge in [0, 0.05) is 30.1 Å². The summed E-state index contributed by atoms with van der Waals surface area (Å²) in [6.45, 7) is 0. The third-order valence-corrected chi connectivity index (χ3v) is 5.03. The van der Waals surface area contributed by atoms with E-state index in [2.05, 4.69) is 15.2 Å². The van der Waals surface area contributed by atoms with Crippen LogP contribution in [0.5, 0.6) is 0 Å². The Bertz CT molecular complexity index is 1470. The SMILES string of the molecule is O=c1c2c(Cc3cccc([N+](=O)[O-])c3)[nH]nc2c2cccnc2n1-c1ccccc1. The molecular weight excluding hydrogens is 382 g/mol. The number of benzene rings is 2. The topological polar surface area (TPSA) is 107 Å². The fraction of sp³-hybridized carbons (Fsp3) is 0.0455. The number of hydrogen-bond donors (Lipinski definition) is 1. The van der Waals surface area contributed by atoms with Crippen LogP contribution in [0.2, 0.25) is 0 Å². The lowest BCUT2D eigenvalue weighted by Gasteiger charge is -2.10. The van der Waals surface area contributed by atoms with Gasteiger partial charge in [0.1, 0.15) is 11.2 Å². The molecule has 0 amide bonds. The van der Waals surface area contributed by atoms with Crippen LogP contribution in [-0.2, 0) is 6.42 Å². The highest BCUT2D eigenvalue weighted by atomic mass is 16.6. The summed E-state index contributed by atoms with van der Waals surface area (Å²) in [5, 5.41) is 19.6. The van der Waals surface area contributed by atoms with Gasteiger partial charge in [-0.05, 0) is 29.8 Å². The molecule has 5 rings (SSSR count). The highest BCUT2D eigenvalue weighted by Crippen LogP contribution is 2.25. The van der Waals surface area contributed by atoms with Gasteiger partial charge in [0.15, 0.2) is 0 Å². The van der Waals surface area contributed by atoms with Crippen molar-refractivity contribution in [3.05, 3.63) is 105 Å². The van der Waals surface area contributed by atoms with Crippen LogP contribution in [0.4, 0.5) is 5.69 Å². The third-order valence-electron chi connectivity index (χ3n) is 5.03. The standard InChI is InChI=1S/C22H15N5O3/c28-22-19-18(13-14-6-4-9-16(12-14)27(29)30)24-25-20(19)17-10-5-11-23-21(17)26(22)15-7-2-1-3-8-15/h1-12H,13H2,(H,24,25). The fourth-order valence-corrected chi connectivity index (χ4v) is 3.70. The zero-order chi connectivity index (χ0) is 20.7. The van der Waals surface area contributed by atoms with Crippen LogP contribution >= 0.6 is 0 Å². The summed E-state index contributed by atoms with van der Waals surface area (Å²) >= 11 is 0. The average molecular weight is 397 g/mol. The van der Waals surface area contributed by atoms with Crippen molar-refractivity contribution in [1.82, 2.24) is 19.7 Å². The van der Waals surface area contributed by atoms with E-state index in [4.69, 9.17) is 0 Å². The van der Waals surface area contributed by atoms with Gasteiger partial charge in [0.05, 0.1) is 21.7 Å². The minimum atomic E-state index is -0.434. The zero-order valence-corrected chi connectivity index (χ0v) is 15.6. The zero-order valence-electron chi connectivity index (χ0n) is 15.6. The van der Waals surface area contributed by atoms with Crippen LogP contribution in [-0.4, -0.2) is 24.7 Å². The number of aromatic nitrogens is 4. The highest BCUT2D eigenvalue weighted by molar-refractivity contribution is 6.03. The lowest BCUT2D eigenvalue weighted by atomic mass is 10.1. The lowest BCUT2D eigenvalue weighted by molar-refractivity contribution is -0.384. The van der Waals surface area contributed by atoms with Crippen LogP contribution in [0.3, 0.4) is 0 Å². The van der Waals surface area contributed by atoms with Crippen molar-refractivity contribution in [2.75, 3.05) is 0 Å². The number of H-pyrrole nitrogens is 1. The maximum Gasteiger partial charge on any atom is 0.269 e.